The van der Waals surface area contributed by atoms with Crippen molar-refractivity contribution in [2.24, 2.45) is 0 Å². The molecular weight excluding hydrogens is 300 g/mol. The lowest BCUT2D eigenvalue weighted by molar-refractivity contribution is -0.136. The van der Waals surface area contributed by atoms with Gasteiger partial charge in [0.15, 0.2) is 0 Å². The minimum atomic E-state index is -0.843. The SMILES string of the molecule is Cc1nc2ccccc2c(N(C)Cc2ccccc2)c1CC(=O)O. The number of aryl methyl sites for hydroxylation is 1. The Morgan fingerprint density at radius 2 is 1.75 bits per heavy atom. The second-order valence-corrected chi connectivity index (χ2v) is 5.95. The lowest BCUT2D eigenvalue weighted by atomic mass is 10.0. The first-order chi connectivity index (χ1) is 11.6. The van der Waals surface area contributed by atoms with Gasteiger partial charge in [0.05, 0.1) is 17.6 Å². The lowest BCUT2D eigenvalue weighted by Gasteiger charge is -2.25. The summed E-state index contributed by atoms with van der Waals surface area (Å²) in [6.07, 6.45) is -0.0296. The summed E-state index contributed by atoms with van der Waals surface area (Å²) in [5.74, 6) is -0.843. The number of para-hydroxylation sites is 1. The number of aromatic nitrogens is 1. The molecule has 0 spiro atoms. The van der Waals surface area contributed by atoms with E-state index in [0.29, 0.717) is 6.54 Å². The van der Waals surface area contributed by atoms with E-state index in [1.54, 1.807) is 0 Å². The monoisotopic (exact) mass is 320 g/mol. The van der Waals surface area contributed by atoms with Crippen LogP contribution in [0.4, 0.5) is 5.69 Å². The Kier molecular flexibility index (Phi) is 4.47. The maximum absolute atomic E-state index is 11.3. The van der Waals surface area contributed by atoms with Crippen molar-refractivity contribution in [2.45, 2.75) is 19.9 Å². The molecule has 0 aliphatic heterocycles. The molecule has 0 saturated heterocycles. The van der Waals surface area contributed by atoms with E-state index in [1.165, 1.54) is 5.56 Å². The Hall–Kier alpha value is -2.88. The molecule has 1 heterocycles. The molecule has 122 valence electrons. The van der Waals surface area contributed by atoms with Crippen molar-refractivity contribution in [3.63, 3.8) is 0 Å². The Bertz CT molecular complexity index is 875. The van der Waals surface area contributed by atoms with Gasteiger partial charge in [-0.25, -0.2) is 0 Å². The first kappa shape index (κ1) is 16.0. The summed E-state index contributed by atoms with van der Waals surface area (Å²) in [7, 11) is 2.00. The van der Waals surface area contributed by atoms with Gasteiger partial charge in [-0.05, 0) is 18.6 Å². The van der Waals surface area contributed by atoms with Crippen LogP contribution < -0.4 is 4.90 Å². The standard InChI is InChI=1S/C20H20N2O2/c1-14-17(12-19(23)24)20(16-10-6-7-11-18(16)21-14)22(2)13-15-8-4-3-5-9-15/h3-11H,12-13H2,1-2H3,(H,23,24). The van der Waals surface area contributed by atoms with Gasteiger partial charge in [0.1, 0.15) is 0 Å². The Labute approximate surface area is 141 Å². The molecule has 0 aliphatic carbocycles. The number of pyridine rings is 1. The number of carboxylic acid groups (broad SMARTS) is 1. The van der Waals surface area contributed by atoms with Crippen LogP contribution in [0.2, 0.25) is 0 Å². The van der Waals surface area contributed by atoms with Crippen LogP contribution in [0.5, 0.6) is 0 Å². The first-order valence-electron chi connectivity index (χ1n) is 7.91. The maximum Gasteiger partial charge on any atom is 0.307 e. The van der Waals surface area contributed by atoms with Gasteiger partial charge in [0.25, 0.3) is 0 Å². The third-order valence-electron chi connectivity index (χ3n) is 4.14. The number of carbonyl (C=O) groups is 1. The molecule has 4 nitrogen and oxygen atoms in total. The predicted octanol–water partition coefficient (Wildman–Crippen LogP) is 3.81. The normalized spacial score (nSPS) is 10.8. The quantitative estimate of drug-likeness (QED) is 0.777. The zero-order valence-electron chi connectivity index (χ0n) is 13.9. The third-order valence-corrected chi connectivity index (χ3v) is 4.14. The summed E-state index contributed by atoms with van der Waals surface area (Å²) in [6, 6.07) is 18.0. The van der Waals surface area contributed by atoms with E-state index in [0.717, 1.165) is 27.8 Å². The van der Waals surface area contributed by atoms with E-state index in [4.69, 9.17) is 0 Å². The molecule has 24 heavy (non-hydrogen) atoms. The van der Waals surface area contributed by atoms with Crippen molar-refractivity contribution in [1.29, 1.82) is 0 Å². The number of anilines is 1. The first-order valence-corrected chi connectivity index (χ1v) is 7.91. The number of fused-ring (bicyclic) bond motifs is 1. The van der Waals surface area contributed by atoms with Gasteiger partial charge < -0.3 is 10.0 Å². The van der Waals surface area contributed by atoms with Gasteiger partial charge in [-0.3, -0.25) is 9.78 Å². The highest BCUT2D eigenvalue weighted by Crippen LogP contribution is 2.32. The van der Waals surface area contributed by atoms with Gasteiger partial charge in [-0.2, -0.15) is 0 Å². The van der Waals surface area contributed by atoms with Crippen molar-refractivity contribution in [2.75, 3.05) is 11.9 Å². The minimum Gasteiger partial charge on any atom is -0.481 e. The molecular formula is C20H20N2O2. The highest BCUT2D eigenvalue weighted by molar-refractivity contribution is 5.95. The largest absolute Gasteiger partial charge is 0.481 e. The molecule has 0 fully saturated rings. The summed E-state index contributed by atoms with van der Waals surface area (Å²) in [4.78, 5) is 18.0. The highest BCUT2D eigenvalue weighted by atomic mass is 16.4. The topological polar surface area (TPSA) is 53.4 Å². The summed E-state index contributed by atoms with van der Waals surface area (Å²) < 4.78 is 0. The molecule has 4 heteroatoms. The smallest absolute Gasteiger partial charge is 0.307 e. The van der Waals surface area contributed by atoms with Crippen LogP contribution in [0.25, 0.3) is 10.9 Å². The van der Waals surface area contributed by atoms with E-state index in [-0.39, 0.29) is 6.42 Å². The number of aliphatic carboxylic acids is 1. The summed E-state index contributed by atoms with van der Waals surface area (Å²) >= 11 is 0. The van der Waals surface area contributed by atoms with Gasteiger partial charge >= 0.3 is 5.97 Å². The van der Waals surface area contributed by atoms with Crippen LogP contribution in [0.3, 0.4) is 0 Å². The number of rotatable bonds is 5. The van der Waals surface area contributed by atoms with E-state index < -0.39 is 5.97 Å². The van der Waals surface area contributed by atoms with Crippen molar-refractivity contribution in [3.8, 4) is 0 Å². The minimum absolute atomic E-state index is 0.0296. The van der Waals surface area contributed by atoms with Gasteiger partial charge in [0, 0.05) is 30.2 Å². The Morgan fingerprint density at radius 1 is 1.08 bits per heavy atom. The number of nitrogens with zero attached hydrogens (tertiary/aromatic N) is 2. The van der Waals surface area contributed by atoms with Crippen molar-refractivity contribution >= 4 is 22.6 Å². The molecule has 0 atom stereocenters. The molecule has 2 aromatic carbocycles. The molecule has 3 aromatic rings. The predicted molar refractivity (Wildman–Crippen MR) is 96.4 cm³/mol. The fourth-order valence-corrected chi connectivity index (χ4v) is 3.09. The van der Waals surface area contributed by atoms with Crippen molar-refractivity contribution in [1.82, 2.24) is 4.98 Å². The second-order valence-electron chi connectivity index (χ2n) is 5.95. The maximum atomic E-state index is 11.3. The fraction of sp³-hybridized carbons (Fsp3) is 0.200. The van der Waals surface area contributed by atoms with Crippen LogP contribution in [0, 0.1) is 6.92 Å². The highest BCUT2D eigenvalue weighted by Gasteiger charge is 2.18. The van der Waals surface area contributed by atoms with Crippen LogP contribution in [-0.4, -0.2) is 23.1 Å². The number of benzene rings is 2. The zero-order valence-corrected chi connectivity index (χ0v) is 13.9. The molecule has 0 amide bonds. The van der Waals surface area contributed by atoms with Crippen LogP contribution >= 0.6 is 0 Å². The average molecular weight is 320 g/mol. The summed E-state index contributed by atoms with van der Waals surface area (Å²) in [6.45, 7) is 2.59. The van der Waals surface area contributed by atoms with E-state index in [9.17, 15) is 9.90 Å². The van der Waals surface area contributed by atoms with Gasteiger partial charge in [0.2, 0.25) is 0 Å². The van der Waals surface area contributed by atoms with Crippen LogP contribution in [-0.2, 0) is 17.8 Å². The summed E-state index contributed by atoms with van der Waals surface area (Å²) in [5.41, 5.74) is 4.56. The molecule has 3 rings (SSSR count). The number of hydrogen-bond donors (Lipinski definition) is 1. The number of carboxylic acids is 1. The fourth-order valence-electron chi connectivity index (χ4n) is 3.09. The lowest BCUT2D eigenvalue weighted by Crippen LogP contribution is -2.20. The van der Waals surface area contributed by atoms with Gasteiger partial charge in [-0.1, -0.05) is 48.5 Å². The Balaban J connectivity index is 2.13. The molecule has 0 bridgehead atoms. The van der Waals surface area contributed by atoms with E-state index >= 15 is 0 Å². The number of hydrogen-bond acceptors (Lipinski definition) is 3. The van der Waals surface area contributed by atoms with E-state index in [2.05, 4.69) is 22.0 Å². The molecule has 0 unspecified atom stereocenters. The molecule has 0 saturated carbocycles. The van der Waals surface area contributed by atoms with Crippen LogP contribution in [0.1, 0.15) is 16.8 Å². The average Bonchev–Trinajstić information content (AvgIpc) is 2.56. The third kappa shape index (κ3) is 3.23. The van der Waals surface area contributed by atoms with Crippen molar-refractivity contribution in [3.05, 3.63) is 71.4 Å². The van der Waals surface area contributed by atoms with Gasteiger partial charge in [-0.15, -0.1) is 0 Å². The van der Waals surface area contributed by atoms with Crippen LogP contribution in [0.15, 0.2) is 54.6 Å². The zero-order chi connectivity index (χ0) is 17.1. The molecule has 1 N–H and O–H groups in total. The summed E-state index contributed by atoms with van der Waals surface area (Å²) in [5, 5.41) is 10.3. The second kappa shape index (κ2) is 6.71. The van der Waals surface area contributed by atoms with Crippen molar-refractivity contribution < 1.29 is 9.90 Å². The molecule has 0 aliphatic rings. The Morgan fingerprint density at radius 3 is 2.46 bits per heavy atom. The molecule has 0 radical (unpaired) electrons. The molecule has 1 aromatic heterocycles. The van der Waals surface area contributed by atoms with E-state index in [1.807, 2.05) is 56.4 Å².